The van der Waals surface area contributed by atoms with E-state index in [9.17, 15) is 5.11 Å². The Hall–Kier alpha value is 0.310. The lowest BCUT2D eigenvalue weighted by atomic mass is 9.70. The molecule has 70 valence electrons. The molecule has 0 radical (unpaired) electrons. The third kappa shape index (κ3) is 0.759. The molecule has 0 heterocycles. The first-order valence-corrected chi connectivity index (χ1v) is 5.47. The predicted molar refractivity (Wildman–Crippen MR) is 53.4 cm³/mol. The fraction of sp³-hybridized carbons (Fsp3) is 1.00. The van der Waals surface area contributed by atoms with Crippen LogP contribution in [0, 0.1) is 16.7 Å². The summed E-state index contributed by atoms with van der Waals surface area (Å²) in [6, 6.07) is 0. The summed E-state index contributed by atoms with van der Waals surface area (Å²) in [5.74, 6) is 1.58. The van der Waals surface area contributed by atoms with Gasteiger partial charge in [-0.3, -0.25) is 0 Å². The number of aliphatic hydroxyl groups is 1. The van der Waals surface area contributed by atoms with Gasteiger partial charge in [0.05, 0.1) is 6.10 Å². The average Bonchev–Trinajstić information content (AvgIpc) is 2.36. The Bertz CT molecular complexity index is 202. The number of fused-ring (bicyclic) bond motifs is 2. The van der Waals surface area contributed by atoms with E-state index < -0.39 is 0 Å². The molecular formula is C10H18OS. The minimum Gasteiger partial charge on any atom is -0.392 e. The number of rotatable bonds is 1. The summed E-state index contributed by atoms with van der Waals surface area (Å²) >= 11 is 4.42. The van der Waals surface area contributed by atoms with Crippen LogP contribution in [-0.2, 0) is 0 Å². The van der Waals surface area contributed by atoms with E-state index in [2.05, 4.69) is 26.5 Å². The SMILES string of the molecule is CC1(C)C2CC[C@@]1(CS)[C@H](O)C2. The smallest absolute Gasteiger partial charge is 0.0612 e. The molecule has 2 rings (SSSR count). The molecule has 2 aliphatic carbocycles. The van der Waals surface area contributed by atoms with E-state index in [0.29, 0.717) is 5.41 Å². The highest BCUT2D eigenvalue weighted by molar-refractivity contribution is 7.80. The van der Waals surface area contributed by atoms with Gasteiger partial charge in [0.1, 0.15) is 0 Å². The van der Waals surface area contributed by atoms with Crippen LogP contribution in [0.5, 0.6) is 0 Å². The van der Waals surface area contributed by atoms with Crippen molar-refractivity contribution in [2.24, 2.45) is 16.7 Å². The van der Waals surface area contributed by atoms with Crippen molar-refractivity contribution in [1.82, 2.24) is 0 Å². The molecule has 1 N–H and O–H groups in total. The first-order chi connectivity index (χ1) is 5.54. The topological polar surface area (TPSA) is 20.2 Å². The van der Waals surface area contributed by atoms with Crippen LogP contribution in [0.3, 0.4) is 0 Å². The van der Waals surface area contributed by atoms with Gasteiger partial charge in [-0.2, -0.15) is 12.6 Å². The molecular weight excluding hydrogens is 168 g/mol. The lowest BCUT2D eigenvalue weighted by Crippen LogP contribution is -2.40. The Labute approximate surface area is 80.0 Å². The van der Waals surface area contributed by atoms with Crippen molar-refractivity contribution in [3.63, 3.8) is 0 Å². The number of thiol groups is 1. The van der Waals surface area contributed by atoms with E-state index in [-0.39, 0.29) is 11.5 Å². The number of hydrogen-bond donors (Lipinski definition) is 2. The quantitative estimate of drug-likeness (QED) is 0.601. The summed E-state index contributed by atoms with van der Waals surface area (Å²) in [6.45, 7) is 4.61. The molecule has 3 atom stereocenters. The summed E-state index contributed by atoms with van der Waals surface area (Å²) in [4.78, 5) is 0. The molecule has 0 aromatic carbocycles. The molecule has 0 amide bonds. The van der Waals surface area contributed by atoms with E-state index in [1.54, 1.807) is 0 Å². The molecule has 2 saturated carbocycles. The van der Waals surface area contributed by atoms with Crippen molar-refractivity contribution in [1.29, 1.82) is 0 Å². The van der Waals surface area contributed by atoms with Crippen LogP contribution in [0.2, 0.25) is 0 Å². The monoisotopic (exact) mass is 186 g/mol. The maximum Gasteiger partial charge on any atom is 0.0612 e. The molecule has 2 heteroatoms. The van der Waals surface area contributed by atoms with Crippen molar-refractivity contribution < 1.29 is 5.11 Å². The maximum atomic E-state index is 9.96. The number of hydrogen-bond acceptors (Lipinski definition) is 2. The molecule has 1 nitrogen and oxygen atoms in total. The van der Waals surface area contributed by atoms with Crippen molar-refractivity contribution in [3.05, 3.63) is 0 Å². The van der Waals surface area contributed by atoms with Crippen LogP contribution in [0.15, 0.2) is 0 Å². The molecule has 2 fully saturated rings. The Morgan fingerprint density at radius 1 is 1.50 bits per heavy atom. The normalized spacial score (nSPS) is 50.0. The Kier molecular flexibility index (Phi) is 1.79. The van der Waals surface area contributed by atoms with Crippen molar-refractivity contribution in [2.75, 3.05) is 5.75 Å². The van der Waals surface area contributed by atoms with Crippen LogP contribution >= 0.6 is 12.6 Å². The van der Waals surface area contributed by atoms with Crippen LogP contribution in [0.1, 0.15) is 33.1 Å². The lowest BCUT2D eigenvalue weighted by Gasteiger charge is -2.39. The first kappa shape index (κ1) is 8.89. The molecule has 0 spiro atoms. The molecule has 2 aliphatic rings. The van der Waals surface area contributed by atoms with Gasteiger partial charge in [0.25, 0.3) is 0 Å². The number of aliphatic hydroxyl groups excluding tert-OH is 1. The van der Waals surface area contributed by atoms with Gasteiger partial charge in [0, 0.05) is 5.41 Å². The molecule has 0 aromatic rings. The minimum absolute atomic E-state index is 0.0938. The zero-order valence-electron chi connectivity index (χ0n) is 7.88. The summed E-state index contributed by atoms with van der Waals surface area (Å²) in [5, 5.41) is 9.96. The van der Waals surface area contributed by atoms with Gasteiger partial charge in [-0.1, -0.05) is 13.8 Å². The van der Waals surface area contributed by atoms with Gasteiger partial charge in [-0.05, 0) is 36.3 Å². The van der Waals surface area contributed by atoms with Crippen molar-refractivity contribution in [3.8, 4) is 0 Å². The van der Waals surface area contributed by atoms with Crippen LogP contribution in [-0.4, -0.2) is 17.0 Å². The van der Waals surface area contributed by atoms with E-state index in [1.165, 1.54) is 12.8 Å². The van der Waals surface area contributed by atoms with Gasteiger partial charge >= 0.3 is 0 Å². The summed E-state index contributed by atoms with van der Waals surface area (Å²) < 4.78 is 0. The lowest BCUT2D eigenvalue weighted by molar-refractivity contribution is 0.0171. The molecule has 2 bridgehead atoms. The highest BCUT2D eigenvalue weighted by Crippen LogP contribution is 2.65. The summed E-state index contributed by atoms with van der Waals surface area (Å²) in [5.41, 5.74) is 0.439. The van der Waals surface area contributed by atoms with E-state index in [1.807, 2.05) is 0 Å². The molecule has 12 heavy (non-hydrogen) atoms. The van der Waals surface area contributed by atoms with Gasteiger partial charge in [-0.15, -0.1) is 0 Å². The molecule has 0 aromatic heterocycles. The fourth-order valence-electron chi connectivity index (χ4n) is 3.41. The van der Waals surface area contributed by atoms with Crippen molar-refractivity contribution >= 4 is 12.6 Å². The molecule has 0 aliphatic heterocycles. The standard InChI is InChI=1S/C10H18OS/c1-9(2)7-3-4-10(9,6-12)8(11)5-7/h7-8,11-12H,3-6H2,1-2H3/t7?,8-,10-/m1/s1. The van der Waals surface area contributed by atoms with E-state index in [0.717, 1.165) is 18.1 Å². The molecule has 1 unspecified atom stereocenters. The highest BCUT2D eigenvalue weighted by atomic mass is 32.1. The van der Waals surface area contributed by atoms with Crippen LogP contribution in [0.25, 0.3) is 0 Å². The minimum atomic E-state index is -0.0938. The fourth-order valence-corrected chi connectivity index (χ4v) is 4.19. The molecule has 0 saturated heterocycles. The Morgan fingerprint density at radius 2 is 2.17 bits per heavy atom. The third-order valence-corrected chi connectivity index (χ3v) is 5.23. The van der Waals surface area contributed by atoms with E-state index in [4.69, 9.17) is 0 Å². The Morgan fingerprint density at radius 3 is 2.42 bits per heavy atom. The predicted octanol–water partition coefficient (Wildman–Crippen LogP) is 2.10. The second kappa shape index (κ2) is 2.42. The third-order valence-electron chi connectivity index (χ3n) is 4.67. The second-order valence-corrected chi connectivity index (χ2v) is 5.34. The summed E-state index contributed by atoms with van der Waals surface area (Å²) in [7, 11) is 0. The van der Waals surface area contributed by atoms with Gasteiger partial charge in [0.2, 0.25) is 0 Å². The Balaban J connectivity index is 2.39. The van der Waals surface area contributed by atoms with Gasteiger partial charge < -0.3 is 5.11 Å². The largest absolute Gasteiger partial charge is 0.392 e. The zero-order valence-corrected chi connectivity index (χ0v) is 8.77. The zero-order chi connectivity index (χ0) is 8.98. The highest BCUT2D eigenvalue weighted by Gasteiger charge is 2.62. The van der Waals surface area contributed by atoms with Crippen molar-refractivity contribution in [2.45, 2.75) is 39.2 Å². The van der Waals surface area contributed by atoms with Crippen LogP contribution < -0.4 is 0 Å². The van der Waals surface area contributed by atoms with Crippen LogP contribution in [0.4, 0.5) is 0 Å². The maximum absolute atomic E-state index is 9.96. The summed E-state index contributed by atoms with van der Waals surface area (Å²) in [6.07, 6.45) is 3.39. The van der Waals surface area contributed by atoms with Gasteiger partial charge in [-0.25, -0.2) is 0 Å². The first-order valence-electron chi connectivity index (χ1n) is 4.83. The van der Waals surface area contributed by atoms with E-state index >= 15 is 0 Å². The second-order valence-electron chi connectivity index (χ2n) is 5.02. The van der Waals surface area contributed by atoms with Gasteiger partial charge in [0.15, 0.2) is 0 Å². The average molecular weight is 186 g/mol.